The largest absolute Gasteiger partial charge is 0.360 e. The summed E-state index contributed by atoms with van der Waals surface area (Å²) in [6.45, 7) is 0.810. The number of aromatic nitrogens is 1. The average Bonchev–Trinajstić information content (AvgIpc) is 2.96. The van der Waals surface area contributed by atoms with Gasteiger partial charge in [-0.25, -0.2) is 0 Å². The summed E-state index contributed by atoms with van der Waals surface area (Å²) in [6.07, 6.45) is 4.41. The molecule has 104 valence electrons. The van der Waals surface area contributed by atoms with Gasteiger partial charge in [0.2, 0.25) is 0 Å². The smallest absolute Gasteiger partial charge is 0.276 e. The van der Waals surface area contributed by atoms with Gasteiger partial charge in [-0.15, -0.1) is 0 Å². The Morgan fingerprint density at radius 2 is 2.30 bits per heavy atom. The Morgan fingerprint density at radius 1 is 1.40 bits per heavy atom. The summed E-state index contributed by atoms with van der Waals surface area (Å²) in [5.41, 5.74) is 1.71. The molecule has 2 aliphatic rings. The number of carbonyl (C=O) groups excluding carboxylic acids is 1. The molecule has 1 saturated carbocycles. The van der Waals surface area contributed by atoms with Gasteiger partial charge in [0, 0.05) is 18.5 Å². The third-order valence-electron chi connectivity index (χ3n) is 4.17. The molecule has 0 aromatic carbocycles. The van der Waals surface area contributed by atoms with Gasteiger partial charge in [-0.3, -0.25) is 4.79 Å². The maximum atomic E-state index is 12.6. The Kier molecular flexibility index (Phi) is 2.88. The second-order valence-corrected chi connectivity index (χ2v) is 6.38. The van der Waals surface area contributed by atoms with Crippen LogP contribution in [0.2, 0.25) is 0 Å². The Bertz CT molecular complexity index is 616. The fourth-order valence-corrected chi connectivity index (χ4v) is 3.63. The van der Waals surface area contributed by atoms with E-state index < -0.39 is 0 Å². The molecular weight excluding hydrogens is 272 g/mol. The van der Waals surface area contributed by atoms with Crippen LogP contribution < -0.4 is 0 Å². The minimum atomic E-state index is 0.00866. The molecule has 4 rings (SSSR count). The lowest BCUT2D eigenvalue weighted by molar-refractivity contribution is 0.0725. The molecule has 20 heavy (non-hydrogen) atoms. The molecule has 1 aliphatic heterocycles. The first-order valence-electron chi connectivity index (χ1n) is 7.12. The maximum Gasteiger partial charge on any atom is 0.276 e. The zero-order valence-corrected chi connectivity index (χ0v) is 11.9. The van der Waals surface area contributed by atoms with E-state index in [1.807, 2.05) is 11.0 Å². The highest BCUT2D eigenvalue weighted by Crippen LogP contribution is 2.40. The van der Waals surface area contributed by atoms with Crippen LogP contribution in [0.3, 0.4) is 0 Å². The Labute approximate surface area is 121 Å². The van der Waals surface area contributed by atoms with E-state index in [2.05, 4.69) is 22.0 Å². The highest BCUT2D eigenvalue weighted by molar-refractivity contribution is 7.07. The summed E-state index contributed by atoms with van der Waals surface area (Å²) in [7, 11) is 0. The molecule has 1 aliphatic carbocycles. The van der Waals surface area contributed by atoms with Gasteiger partial charge in [-0.2, -0.15) is 11.3 Å². The molecule has 2 fully saturated rings. The van der Waals surface area contributed by atoms with Gasteiger partial charge in [0.25, 0.3) is 5.91 Å². The second-order valence-electron chi connectivity index (χ2n) is 5.60. The van der Waals surface area contributed by atoms with Crippen LogP contribution in [0.1, 0.15) is 59.5 Å². The standard InChI is InChI=1S/C15H16N2O2S/c18-15(12-8-14(19-16-12)10-3-4-10)17-6-1-2-13(17)11-5-7-20-9-11/h5,7-10,13H,1-4,6H2. The number of hydrogen-bond donors (Lipinski definition) is 0. The number of nitrogens with zero attached hydrogens (tertiary/aromatic N) is 2. The SMILES string of the molecule is O=C(c1cc(C2CC2)on1)N1CCCC1c1ccsc1. The van der Waals surface area contributed by atoms with Gasteiger partial charge in [-0.1, -0.05) is 5.16 Å². The van der Waals surface area contributed by atoms with E-state index in [4.69, 9.17) is 4.52 Å². The Morgan fingerprint density at radius 3 is 3.05 bits per heavy atom. The first-order valence-corrected chi connectivity index (χ1v) is 8.07. The topological polar surface area (TPSA) is 46.3 Å². The van der Waals surface area contributed by atoms with Crippen LogP contribution >= 0.6 is 11.3 Å². The van der Waals surface area contributed by atoms with Crippen LogP contribution in [0.4, 0.5) is 0 Å². The number of carbonyl (C=O) groups is 1. The van der Waals surface area contributed by atoms with Crippen molar-refractivity contribution in [1.82, 2.24) is 10.1 Å². The van der Waals surface area contributed by atoms with Crippen LogP contribution in [0.15, 0.2) is 27.4 Å². The number of thiophene rings is 1. The van der Waals surface area contributed by atoms with E-state index in [-0.39, 0.29) is 11.9 Å². The van der Waals surface area contributed by atoms with Crippen molar-refractivity contribution in [1.29, 1.82) is 0 Å². The van der Waals surface area contributed by atoms with Gasteiger partial charge in [-0.05, 0) is 48.1 Å². The third kappa shape index (κ3) is 2.06. The lowest BCUT2D eigenvalue weighted by Gasteiger charge is -2.23. The minimum absolute atomic E-state index is 0.00866. The molecule has 0 N–H and O–H groups in total. The fraction of sp³-hybridized carbons (Fsp3) is 0.467. The van der Waals surface area contributed by atoms with Gasteiger partial charge in [0.05, 0.1) is 6.04 Å². The predicted octanol–water partition coefficient (Wildman–Crippen LogP) is 3.59. The lowest BCUT2D eigenvalue weighted by Crippen LogP contribution is -2.30. The van der Waals surface area contributed by atoms with Crippen molar-refractivity contribution >= 4 is 17.2 Å². The molecule has 0 spiro atoms. The lowest BCUT2D eigenvalue weighted by atomic mass is 10.1. The predicted molar refractivity (Wildman–Crippen MR) is 75.8 cm³/mol. The Hall–Kier alpha value is -1.62. The highest BCUT2D eigenvalue weighted by atomic mass is 32.1. The van der Waals surface area contributed by atoms with Crippen molar-refractivity contribution in [3.05, 3.63) is 39.9 Å². The normalized spacial score (nSPS) is 22.4. The van der Waals surface area contributed by atoms with Crippen LogP contribution in [0.5, 0.6) is 0 Å². The molecule has 1 unspecified atom stereocenters. The van der Waals surface area contributed by atoms with Gasteiger partial charge in [0.15, 0.2) is 5.69 Å². The molecule has 1 atom stereocenters. The van der Waals surface area contributed by atoms with E-state index >= 15 is 0 Å². The summed E-state index contributed by atoms with van der Waals surface area (Å²) in [4.78, 5) is 14.6. The van der Waals surface area contributed by atoms with Crippen molar-refractivity contribution in [2.75, 3.05) is 6.54 Å². The summed E-state index contributed by atoms with van der Waals surface area (Å²) >= 11 is 1.68. The number of rotatable bonds is 3. The van der Waals surface area contributed by atoms with E-state index in [0.29, 0.717) is 11.6 Å². The first-order chi connectivity index (χ1) is 9.83. The summed E-state index contributed by atoms with van der Waals surface area (Å²) in [5, 5.41) is 8.17. The van der Waals surface area contributed by atoms with Crippen molar-refractivity contribution in [2.24, 2.45) is 0 Å². The van der Waals surface area contributed by atoms with Gasteiger partial charge < -0.3 is 9.42 Å². The number of amides is 1. The second kappa shape index (κ2) is 4.74. The molecule has 5 heteroatoms. The van der Waals surface area contributed by atoms with Crippen LogP contribution in [0.25, 0.3) is 0 Å². The quantitative estimate of drug-likeness (QED) is 0.867. The number of likely N-dealkylation sites (tertiary alicyclic amines) is 1. The van der Waals surface area contributed by atoms with E-state index in [0.717, 1.165) is 38.0 Å². The van der Waals surface area contributed by atoms with E-state index in [1.165, 1.54) is 5.56 Å². The van der Waals surface area contributed by atoms with Crippen molar-refractivity contribution in [3.8, 4) is 0 Å². The van der Waals surface area contributed by atoms with Crippen molar-refractivity contribution < 1.29 is 9.32 Å². The van der Waals surface area contributed by atoms with Crippen molar-refractivity contribution in [3.63, 3.8) is 0 Å². The molecule has 0 bridgehead atoms. The van der Waals surface area contributed by atoms with Crippen molar-refractivity contribution in [2.45, 2.75) is 37.6 Å². The molecule has 1 saturated heterocycles. The molecule has 4 nitrogen and oxygen atoms in total. The molecule has 3 heterocycles. The number of hydrogen-bond acceptors (Lipinski definition) is 4. The summed E-state index contributed by atoms with van der Waals surface area (Å²) < 4.78 is 5.30. The molecule has 0 radical (unpaired) electrons. The maximum absolute atomic E-state index is 12.6. The summed E-state index contributed by atoms with van der Waals surface area (Å²) in [6, 6.07) is 4.15. The monoisotopic (exact) mass is 288 g/mol. The first kappa shape index (κ1) is 12.1. The minimum Gasteiger partial charge on any atom is -0.360 e. The zero-order chi connectivity index (χ0) is 13.5. The van der Waals surface area contributed by atoms with E-state index in [9.17, 15) is 4.79 Å². The Balaban J connectivity index is 1.57. The van der Waals surface area contributed by atoms with E-state index in [1.54, 1.807) is 11.3 Å². The van der Waals surface area contributed by atoms with Gasteiger partial charge >= 0.3 is 0 Å². The zero-order valence-electron chi connectivity index (χ0n) is 11.1. The fourth-order valence-electron chi connectivity index (χ4n) is 2.92. The van der Waals surface area contributed by atoms with Crippen LogP contribution in [-0.2, 0) is 0 Å². The average molecular weight is 288 g/mol. The van der Waals surface area contributed by atoms with Gasteiger partial charge in [0.1, 0.15) is 5.76 Å². The molecule has 2 aromatic rings. The van der Waals surface area contributed by atoms with Crippen LogP contribution in [0, 0.1) is 0 Å². The molecular formula is C15H16N2O2S. The summed E-state index contributed by atoms with van der Waals surface area (Å²) in [5.74, 6) is 1.38. The third-order valence-corrected chi connectivity index (χ3v) is 4.87. The molecule has 1 amide bonds. The van der Waals surface area contributed by atoms with Crippen LogP contribution in [-0.4, -0.2) is 22.5 Å². The highest BCUT2D eigenvalue weighted by Gasteiger charge is 2.34. The molecule has 2 aromatic heterocycles.